The number of imidazole rings is 1. The van der Waals surface area contributed by atoms with E-state index in [0.717, 1.165) is 11.5 Å². The SMILES string of the molecule is CC(C)(C)OC(=O)NCC1Cn2c(CO)cnc2CO1. The van der Waals surface area contributed by atoms with Gasteiger partial charge in [-0.15, -0.1) is 0 Å². The normalized spacial score (nSPS) is 18.5. The predicted molar refractivity (Wildman–Crippen MR) is 71.0 cm³/mol. The van der Waals surface area contributed by atoms with Gasteiger partial charge in [0.1, 0.15) is 18.0 Å². The highest BCUT2D eigenvalue weighted by Crippen LogP contribution is 2.15. The lowest BCUT2D eigenvalue weighted by molar-refractivity contribution is -0.00245. The molecule has 1 aliphatic rings. The molecule has 1 atom stereocenters. The predicted octanol–water partition coefficient (Wildman–Crippen LogP) is 0.799. The van der Waals surface area contributed by atoms with Gasteiger partial charge in [-0.25, -0.2) is 9.78 Å². The Balaban J connectivity index is 1.86. The number of nitrogens with zero attached hydrogens (tertiary/aromatic N) is 2. The maximum Gasteiger partial charge on any atom is 0.407 e. The van der Waals surface area contributed by atoms with Crippen LogP contribution in [0.3, 0.4) is 0 Å². The van der Waals surface area contributed by atoms with Gasteiger partial charge in [-0.05, 0) is 20.8 Å². The number of aliphatic hydroxyl groups is 1. The maximum atomic E-state index is 11.6. The molecule has 0 aromatic carbocycles. The smallest absolute Gasteiger partial charge is 0.407 e. The van der Waals surface area contributed by atoms with E-state index in [1.807, 2.05) is 25.3 Å². The second-order valence-corrected chi connectivity index (χ2v) is 5.75. The molecule has 1 aromatic heterocycles. The van der Waals surface area contributed by atoms with Crippen molar-refractivity contribution in [2.24, 2.45) is 0 Å². The van der Waals surface area contributed by atoms with Crippen molar-refractivity contribution in [3.8, 4) is 0 Å². The zero-order chi connectivity index (χ0) is 14.8. The average molecular weight is 283 g/mol. The first-order chi connectivity index (χ1) is 9.39. The zero-order valence-electron chi connectivity index (χ0n) is 12.0. The number of alkyl carbamates (subject to hydrolysis) is 1. The van der Waals surface area contributed by atoms with Gasteiger partial charge in [-0.2, -0.15) is 0 Å². The fourth-order valence-corrected chi connectivity index (χ4v) is 2.00. The molecule has 2 N–H and O–H groups in total. The van der Waals surface area contributed by atoms with Crippen molar-refractivity contribution in [2.45, 2.75) is 52.2 Å². The Morgan fingerprint density at radius 2 is 2.40 bits per heavy atom. The van der Waals surface area contributed by atoms with E-state index < -0.39 is 11.7 Å². The monoisotopic (exact) mass is 283 g/mol. The number of rotatable bonds is 3. The Labute approximate surface area is 117 Å². The highest BCUT2D eigenvalue weighted by atomic mass is 16.6. The van der Waals surface area contributed by atoms with Crippen LogP contribution in [-0.2, 0) is 29.2 Å². The van der Waals surface area contributed by atoms with Crippen LogP contribution in [0.2, 0.25) is 0 Å². The molecular formula is C13H21N3O4. The average Bonchev–Trinajstić information content (AvgIpc) is 2.76. The Hall–Kier alpha value is -1.60. The van der Waals surface area contributed by atoms with Crippen molar-refractivity contribution >= 4 is 6.09 Å². The van der Waals surface area contributed by atoms with Crippen molar-refractivity contribution in [1.82, 2.24) is 14.9 Å². The van der Waals surface area contributed by atoms with Crippen molar-refractivity contribution in [3.05, 3.63) is 17.7 Å². The summed E-state index contributed by atoms with van der Waals surface area (Å²) >= 11 is 0. The molecule has 1 amide bonds. The van der Waals surface area contributed by atoms with E-state index in [1.54, 1.807) is 6.20 Å². The van der Waals surface area contributed by atoms with Crippen LogP contribution in [-0.4, -0.2) is 39.0 Å². The summed E-state index contributed by atoms with van der Waals surface area (Å²) in [5.41, 5.74) is 0.240. The van der Waals surface area contributed by atoms with Crippen LogP contribution < -0.4 is 5.32 Å². The number of hydrogen-bond acceptors (Lipinski definition) is 5. The third-order valence-corrected chi connectivity index (χ3v) is 2.89. The van der Waals surface area contributed by atoms with Crippen molar-refractivity contribution in [1.29, 1.82) is 0 Å². The van der Waals surface area contributed by atoms with E-state index >= 15 is 0 Å². The van der Waals surface area contributed by atoms with Crippen LogP contribution in [0.4, 0.5) is 4.79 Å². The lowest BCUT2D eigenvalue weighted by Crippen LogP contribution is -2.41. The summed E-state index contributed by atoms with van der Waals surface area (Å²) in [6.07, 6.45) is 1.02. The molecule has 1 aromatic rings. The first-order valence-electron chi connectivity index (χ1n) is 6.61. The quantitative estimate of drug-likeness (QED) is 0.857. The minimum absolute atomic E-state index is 0.0563. The number of amides is 1. The molecule has 1 aliphatic heterocycles. The van der Waals surface area contributed by atoms with Crippen molar-refractivity contribution in [2.75, 3.05) is 6.54 Å². The van der Waals surface area contributed by atoms with Crippen LogP contribution in [0.1, 0.15) is 32.3 Å². The number of hydrogen-bond donors (Lipinski definition) is 2. The first-order valence-corrected chi connectivity index (χ1v) is 6.61. The standard InChI is InChI=1S/C13H21N3O4/c1-13(2,3)20-12(18)15-5-10-6-16-9(7-17)4-14-11(16)8-19-10/h4,10,17H,5-8H2,1-3H3,(H,15,18). The molecule has 7 heteroatoms. The summed E-state index contributed by atoms with van der Waals surface area (Å²) in [6.45, 7) is 6.68. The molecule has 7 nitrogen and oxygen atoms in total. The summed E-state index contributed by atoms with van der Waals surface area (Å²) in [7, 11) is 0. The molecule has 0 saturated carbocycles. The second kappa shape index (κ2) is 5.80. The maximum absolute atomic E-state index is 11.6. The van der Waals surface area contributed by atoms with Crippen molar-refractivity contribution in [3.63, 3.8) is 0 Å². The van der Waals surface area contributed by atoms with Crippen LogP contribution >= 0.6 is 0 Å². The Morgan fingerprint density at radius 1 is 1.65 bits per heavy atom. The third-order valence-electron chi connectivity index (χ3n) is 2.89. The van der Waals surface area contributed by atoms with Gasteiger partial charge in [-0.1, -0.05) is 0 Å². The summed E-state index contributed by atoms with van der Waals surface area (Å²) < 4.78 is 12.7. The topological polar surface area (TPSA) is 85.6 Å². The fourth-order valence-electron chi connectivity index (χ4n) is 2.00. The molecule has 1 unspecified atom stereocenters. The lowest BCUT2D eigenvalue weighted by atomic mass is 10.2. The van der Waals surface area contributed by atoms with Crippen LogP contribution in [0.15, 0.2) is 6.20 Å². The summed E-state index contributed by atoms with van der Waals surface area (Å²) in [5, 5.41) is 11.9. The number of aliphatic hydroxyl groups excluding tert-OH is 1. The number of carbonyl (C=O) groups excluding carboxylic acids is 1. The molecule has 2 rings (SSSR count). The van der Waals surface area contributed by atoms with Gasteiger partial charge in [0.05, 0.1) is 31.1 Å². The molecular weight excluding hydrogens is 262 g/mol. The number of nitrogens with one attached hydrogen (secondary N) is 1. The summed E-state index contributed by atoms with van der Waals surface area (Å²) in [5.74, 6) is 0.794. The van der Waals surface area contributed by atoms with E-state index in [-0.39, 0.29) is 12.7 Å². The van der Waals surface area contributed by atoms with Gasteiger partial charge in [0, 0.05) is 6.54 Å². The molecule has 20 heavy (non-hydrogen) atoms. The molecule has 0 bridgehead atoms. The molecule has 2 heterocycles. The Morgan fingerprint density at radius 3 is 3.05 bits per heavy atom. The van der Waals surface area contributed by atoms with Gasteiger partial charge in [0.15, 0.2) is 0 Å². The number of carbonyl (C=O) groups is 1. The molecule has 0 aliphatic carbocycles. The molecule has 0 fully saturated rings. The van der Waals surface area contributed by atoms with Gasteiger partial charge < -0.3 is 24.5 Å². The number of aromatic nitrogens is 2. The van der Waals surface area contributed by atoms with Crippen LogP contribution in [0, 0.1) is 0 Å². The summed E-state index contributed by atoms with van der Waals surface area (Å²) in [6, 6.07) is 0. The van der Waals surface area contributed by atoms with Crippen LogP contribution in [0.5, 0.6) is 0 Å². The van der Waals surface area contributed by atoms with Gasteiger partial charge >= 0.3 is 6.09 Å². The highest BCUT2D eigenvalue weighted by molar-refractivity contribution is 5.67. The largest absolute Gasteiger partial charge is 0.444 e. The van der Waals surface area contributed by atoms with E-state index in [4.69, 9.17) is 9.47 Å². The van der Waals surface area contributed by atoms with Gasteiger partial charge in [0.2, 0.25) is 0 Å². The molecule has 112 valence electrons. The van der Waals surface area contributed by atoms with E-state index in [0.29, 0.717) is 19.7 Å². The first kappa shape index (κ1) is 14.8. The van der Waals surface area contributed by atoms with Crippen LogP contribution in [0.25, 0.3) is 0 Å². The molecule has 0 saturated heterocycles. The second-order valence-electron chi connectivity index (χ2n) is 5.75. The minimum atomic E-state index is -0.515. The van der Waals surface area contributed by atoms with Gasteiger partial charge in [0.25, 0.3) is 0 Å². The fraction of sp³-hybridized carbons (Fsp3) is 0.692. The highest BCUT2D eigenvalue weighted by Gasteiger charge is 2.23. The molecule has 0 radical (unpaired) electrons. The molecule has 0 spiro atoms. The minimum Gasteiger partial charge on any atom is -0.444 e. The van der Waals surface area contributed by atoms with Crippen molar-refractivity contribution < 1.29 is 19.4 Å². The van der Waals surface area contributed by atoms with E-state index in [2.05, 4.69) is 10.3 Å². The van der Waals surface area contributed by atoms with Gasteiger partial charge in [-0.3, -0.25) is 0 Å². The number of ether oxygens (including phenoxy) is 2. The van der Waals surface area contributed by atoms with E-state index in [9.17, 15) is 9.90 Å². The number of fused-ring (bicyclic) bond motifs is 1. The summed E-state index contributed by atoms with van der Waals surface area (Å²) in [4.78, 5) is 15.7. The van der Waals surface area contributed by atoms with E-state index in [1.165, 1.54) is 0 Å². The zero-order valence-corrected chi connectivity index (χ0v) is 12.0. The lowest BCUT2D eigenvalue weighted by Gasteiger charge is -2.26. The Bertz CT molecular complexity index is 465. The third kappa shape index (κ3) is 3.71. The Kier molecular flexibility index (Phi) is 4.29.